The van der Waals surface area contributed by atoms with Crippen LogP contribution in [0.3, 0.4) is 0 Å². The lowest BCUT2D eigenvalue weighted by Crippen LogP contribution is -2.46. The van der Waals surface area contributed by atoms with Gasteiger partial charge in [-0.1, -0.05) is 54.8 Å². The van der Waals surface area contributed by atoms with Crippen LogP contribution in [0.2, 0.25) is 5.02 Å². The number of halogens is 1. The second-order valence-corrected chi connectivity index (χ2v) is 10.4. The van der Waals surface area contributed by atoms with E-state index in [4.69, 9.17) is 31.2 Å². The third-order valence-electron chi connectivity index (χ3n) is 7.31. The van der Waals surface area contributed by atoms with E-state index in [1.165, 1.54) is 0 Å². The van der Waals surface area contributed by atoms with Crippen molar-refractivity contribution >= 4 is 17.5 Å². The maximum Gasteiger partial charge on any atom is 0.251 e. The number of carbonyl (C=O) groups excluding carboxylic acids is 1. The first kappa shape index (κ1) is 27.8. The molecule has 0 saturated heterocycles. The molecule has 2 aromatic heterocycles. The van der Waals surface area contributed by atoms with Crippen molar-refractivity contribution in [2.24, 2.45) is 0 Å². The van der Waals surface area contributed by atoms with Gasteiger partial charge in [-0.3, -0.25) is 9.78 Å². The van der Waals surface area contributed by atoms with Crippen LogP contribution in [0.5, 0.6) is 5.75 Å². The van der Waals surface area contributed by atoms with Crippen molar-refractivity contribution in [2.75, 3.05) is 13.7 Å². The number of rotatable bonds is 11. The van der Waals surface area contributed by atoms with Crippen LogP contribution in [-0.4, -0.2) is 56.4 Å². The van der Waals surface area contributed by atoms with E-state index in [1.807, 2.05) is 77.2 Å². The highest BCUT2D eigenvalue weighted by Gasteiger charge is 2.30. The summed E-state index contributed by atoms with van der Waals surface area (Å²) in [7, 11) is 1.59. The highest BCUT2D eigenvalue weighted by molar-refractivity contribution is 6.32. The minimum absolute atomic E-state index is 0.00588. The van der Waals surface area contributed by atoms with Gasteiger partial charge in [0.1, 0.15) is 11.9 Å². The zero-order valence-electron chi connectivity index (χ0n) is 22.9. The number of carbonyl (C=O) groups is 1. The first-order valence-corrected chi connectivity index (χ1v) is 14.1. The number of hydrogen-bond donors (Lipinski definition) is 0. The number of pyridine rings is 1. The standard InChI is InChI=1S/C31H34ClN5O3/c1-22(40-21-23-8-4-3-5-9-23)31(38)36(26-10-6-7-11-26)18-19-37-30(25-12-13-28(39-2)27(32)20-25)34-29(35-37)24-14-16-33-17-15-24/h3-5,8-9,12-17,20,22,26H,6-7,10-11,18-19,21H2,1-2H3. The Morgan fingerprint density at radius 3 is 2.52 bits per heavy atom. The molecule has 1 amide bonds. The average molecular weight is 560 g/mol. The Balaban J connectivity index is 1.39. The Hall–Kier alpha value is -3.75. The SMILES string of the molecule is COc1ccc(-c2nc(-c3ccncc3)nn2CCN(C(=O)C(C)OCc2ccccc2)C2CCCC2)cc1Cl. The minimum Gasteiger partial charge on any atom is -0.495 e. The lowest BCUT2D eigenvalue weighted by Gasteiger charge is -2.31. The quantitative estimate of drug-likeness (QED) is 0.223. The third kappa shape index (κ3) is 6.51. The summed E-state index contributed by atoms with van der Waals surface area (Å²) >= 11 is 6.46. The molecular formula is C31H34ClN5O3. The second kappa shape index (κ2) is 13.1. The predicted octanol–water partition coefficient (Wildman–Crippen LogP) is 6.05. The van der Waals surface area contributed by atoms with Crippen molar-refractivity contribution in [1.29, 1.82) is 0 Å². The molecule has 0 aliphatic heterocycles. The molecule has 9 heteroatoms. The van der Waals surface area contributed by atoms with E-state index >= 15 is 0 Å². The molecule has 0 spiro atoms. The Morgan fingerprint density at radius 1 is 1.07 bits per heavy atom. The van der Waals surface area contributed by atoms with E-state index in [0.29, 0.717) is 42.1 Å². The van der Waals surface area contributed by atoms with Gasteiger partial charge in [-0.2, -0.15) is 5.10 Å². The summed E-state index contributed by atoms with van der Waals surface area (Å²) < 4.78 is 13.2. The number of aromatic nitrogens is 4. The monoisotopic (exact) mass is 559 g/mol. The summed E-state index contributed by atoms with van der Waals surface area (Å²) in [6.07, 6.45) is 7.13. The highest BCUT2D eigenvalue weighted by Crippen LogP contribution is 2.31. The molecule has 0 radical (unpaired) electrons. The van der Waals surface area contributed by atoms with Gasteiger partial charge in [0, 0.05) is 36.1 Å². The fourth-order valence-electron chi connectivity index (χ4n) is 5.13. The molecule has 1 unspecified atom stereocenters. The predicted molar refractivity (Wildman–Crippen MR) is 155 cm³/mol. The number of benzene rings is 2. The maximum atomic E-state index is 13.7. The van der Waals surface area contributed by atoms with Gasteiger partial charge < -0.3 is 14.4 Å². The number of hydrogen-bond acceptors (Lipinski definition) is 6. The van der Waals surface area contributed by atoms with Gasteiger partial charge in [0.15, 0.2) is 11.6 Å². The molecule has 8 nitrogen and oxygen atoms in total. The number of ether oxygens (including phenoxy) is 2. The number of amides is 1. The van der Waals surface area contributed by atoms with Crippen LogP contribution in [0.1, 0.15) is 38.2 Å². The van der Waals surface area contributed by atoms with Crippen LogP contribution in [0.4, 0.5) is 0 Å². The molecule has 1 saturated carbocycles. The summed E-state index contributed by atoms with van der Waals surface area (Å²) in [4.78, 5) is 24.6. The van der Waals surface area contributed by atoms with Crippen LogP contribution in [-0.2, 0) is 22.7 Å². The van der Waals surface area contributed by atoms with Crippen molar-refractivity contribution in [3.63, 3.8) is 0 Å². The molecular weight excluding hydrogens is 526 g/mol. The molecule has 0 bridgehead atoms. The van der Waals surface area contributed by atoms with Crippen LogP contribution in [0, 0.1) is 0 Å². The van der Waals surface area contributed by atoms with E-state index in [2.05, 4.69) is 4.98 Å². The Labute approximate surface area is 239 Å². The molecule has 1 fully saturated rings. The first-order chi connectivity index (χ1) is 19.5. The smallest absolute Gasteiger partial charge is 0.251 e. The van der Waals surface area contributed by atoms with Gasteiger partial charge in [-0.05, 0) is 55.7 Å². The zero-order chi connectivity index (χ0) is 27.9. The summed E-state index contributed by atoms with van der Waals surface area (Å²) in [6.45, 7) is 3.21. The van der Waals surface area contributed by atoms with Crippen molar-refractivity contribution in [2.45, 2.75) is 57.9 Å². The topological polar surface area (TPSA) is 82.4 Å². The lowest BCUT2D eigenvalue weighted by molar-refractivity contribution is -0.146. The number of methoxy groups -OCH3 is 1. The zero-order valence-corrected chi connectivity index (χ0v) is 23.6. The van der Waals surface area contributed by atoms with Gasteiger partial charge in [0.25, 0.3) is 5.91 Å². The van der Waals surface area contributed by atoms with Gasteiger partial charge in [0.2, 0.25) is 0 Å². The molecule has 2 heterocycles. The molecule has 40 heavy (non-hydrogen) atoms. The fraction of sp³-hybridized carbons (Fsp3) is 0.355. The summed E-state index contributed by atoms with van der Waals surface area (Å²) in [6, 6.07) is 19.4. The Kier molecular flexibility index (Phi) is 9.08. The second-order valence-electron chi connectivity index (χ2n) is 9.98. The molecule has 5 rings (SSSR count). The maximum absolute atomic E-state index is 13.7. The van der Waals surface area contributed by atoms with Gasteiger partial charge in [0.05, 0.1) is 25.3 Å². The minimum atomic E-state index is -0.552. The third-order valence-corrected chi connectivity index (χ3v) is 7.61. The van der Waals surface area contributed by atoms with Gasteiger partial charge in [-0.25, -0.2) is 9.67 Å². The molecule has 2 aromatic carbocycles. The van der Waals surface area contributed by atoms with Crippen LogP contribution >= 0.6 is 11.6 Å². The average Bonchev–Trinajstić information content (AvgIpc) is 3.68. The van der Waals surface area contributed by atoms with Crippen molar-refractivity contribution in [3.05, 3.63) is 83.6 Å². The fourth-order valence-corrected chi connectivity index (χ4v) is 5.39. The van der Waals surface area contributed by atoms with Gasteiger partial charge >= 0.3 is 0 Å². The van der Waals surface area contributed by atoms with E-state index in [-0.39, 0.29) is 11.9 Å². The molecule has 4 aromatic rings. The Bertz CT molecular complexity index is 1410. The largest absolute Gasteiger partial charge is 0.495 e. The normalized spacial score (nSPS) is 14.3. The van der Waals surface area contributed by atoms with Gasteiger partial charge in [-0.15, -0.1) is 0 Å². The van der Waals surface area contributed by atoms with E-state index in [1.54, 1.807) is 19.5 Å². The van der Waals surface area contributed by atoms with E-state index in [9.17, 15) is 4.79 Å². The lowest BCUT2D eigenvalue weighted by atomic mass is 10.1. The Morgan fingerprint density at radius 2 is 1.82 bits per heavy atom. The number of nitrogens with zero attached hydrogens (tertiary/aromatic N) is 5. The molecule has 1 aliphatic rings. The van der Waals surface area contributed by atoms with Crippen molar-refractivity contribution in [1.82, 2.24) is 24.6 Å². The summed E-state index contributed by atoms with van der Waals surface area (Å²) in [5, 5.41) is 5.33. The van der Waals surface area contributed by atoms with Crippen LogP contribution in [0.25, 0.3) is 22.8 Å². The van der Waals surface area contributed by atoms with Crippen molar-refractivity contribution in [3.8, 4) is 28.5 Å². The molecule has 208 valence electrons. The first-order valence-electron chi connectivity index (χ1n) is 13.7. The van der Waals surface area contributed by atoms with Crippen LogP contribution in [0.15, 0.2) is 73.1 Å². The molecule has 1 aliphatic carbocycles. The highest BCUT2D eigenvalue weighted by atomic mass is 35.5. The summed E-state index contributed by atoms with van der Waals surface area (Å²) in [5.74, 6) is 1.85. The van der Waals surface area contributed by atoms with E-state index in [0.717, 1.165) is 42.4 Å². The molecule has 0 N–H and O–H groups in total. The van der Waals surface area contributed by atoms with Crippen LogP contribution < -0.4 is 4.74 Å². The molecule has 1 atom stereocenters. The van der Waals surface area contributed by atoms with E-state index < -0.39 is 6.10 Å². The summed E-state index contributed by atoms with van der Waals surface area (Å²) in [5.41, 5.74) is 2.72. The van der Waals surface area contributed by atoms with Crippen molar-refractivity contribution < 1.29 is 14.3 Å².